The Morgan fingerprint density at radius 1 is 1.09 bits per heavy atom. The van der Waals surface area contributed by atoms with Crippen molar-refractivity contribution in [1.82, 2.24) is 5.32 Å². The minimum Gasteiger partial charge on any atom is -0.307 e. The van der Waals surface area contributed by atoms with Crippen LogP contribution in [0.1, 0.15) is 18.5 Å². The van der Waals surface area contributed by atoms with Gasteiger partial charge in [0.25, 0.3) is 0 Å². The van der Waals surface area contributed by atoms with Crippen molar-refractivity contribution in [2.24, 2.45) is 0 Å². The lowest BCUT2D eigenvalue weighted by Crippen LogP contribution is -2.18. The van der Waals surface area contributed by atoms with E-state index in [1.165, 1.54) is 16.3 Å². The fraction of sp³-hybridized carbons (Fsp3) is 0.300. The molecule has 0 aliphatic heterocycles. The van der Waals surface area contributed by atoms with Gasteiger partial charge < -0.3 is 5.32 Å². The lowest BCUT2D eigenvalue weighted by Gasteiger charge is -2.15. The van der Waals surface area contributed by atoms with E-state index in [0.717, 1.165) is 6.54 Å². The first-order valence-corrected chi connectivity index (χ1v) is 11.4. The van der Waals surface area contributed by atoms with E-state index < -0.39 is 8.07 Å². The Labute approximate surface area is 135 Å². The van der Waals surface area contributed by atoms with Gasteiger partial charge in [-0.3, -0.25) is 0 Å². The van der Waals surface area contributed by atoms with Gasteiger partial charge in [0.05, 0.1) is 0 Å². The molecule has 2 aromatic rings. The van der Waals surface area contributed by atoms with Crippen molar-refractivity contribution < 1.29 is 0 Å². The molecule has 0 aliphatic carbocycles. The van der Waals surface area contributed by atoms with Gasteiger partial charge in [0.1, 0.15) is 8.07 Å². The van der Waals surface area contributed by atoms with Gasteiger partial charge in [-0.05, 0) is 29.3 Å². The van der Waals surface area contributed by atoms with Gasteiger partial charge in [0.15, 0.2) is 0 Å². The van der Waals surface area contributed by atoms with Gasteiger partial charge in [-0.2, -0.15) is 0 Å². The number of fused-ring (bicyclic) bond motifs is 1. The summed E-state index contributed by atoms with van der Waals surface area (Å²) in [6.07, 6.45) is 4.08. The lowest BCUT2D eigenvalue weighted by atomic mass is 10.00. The molecule has 0 radical (unpaired) electrons. The number of rotatable bonds is 4. The normalized spacial score (nSPS) is 13.1. The van der Waals surface area contributed by atoms with Crippen LogP contribution in [0, 0.1) is 11.5 Å². The minimum absolute atomic E-state index is 0.320. The highest BCUT2D eigenvalue weighted by molar-refractivity contribution is 6.83. The summed E-state index contributed by atoms with van der Waals surface area (Å²) in [6.45, 7) is 9.83. The summed E-state index contributed by atoms with van der Waals surface area (Å²) in [7, 11) is -1.26. The van der Waals surface area contributed by atoms with E-state index >= 15 is 0 Å². The smallest absolute Gasteiger partial charge is 0.129 e. The van der Waals surface area contributed by atoms with Crippen LogP contribution in [-0.4, -0.2) is 14.6 Å². The van der Waals surface area contributed by atoms with Crippen LogP contribution < -0.4 is 5.32 Å². The average Bonchev–Trinajstić information content (AvgIpc) is 2.49. The molecule has 0 spiro atoms. The van der Waals surface area contributed by atoms with Crippen molar-refractivity contribution in [3.05, 3.63) is 60.2 Å². The fourth-order valence-electron chi connectivity index (χ4n) is 2.36. The first kappa shape index (κ1) is 16.5. The minimum atomic E-state index is -1.26. The molecule has 1 nitrogen and oxygen atoms in total. The van der Waals surface area contributed by atoms with E-state index in [1.807, 2.05) is 6.08 Å². The first-order chi connectivity index (χ1) is 10.5. The molecule has 1 N–H and O–H groups in total. The lowest BCUT2D eigenvalue weighted by molar-refractivity contribution is 0.621. The van der Waals surface area contributed by atoms with Crippen LogP contribution in [0.3, 0.4) is 0 Å². The Morgan fingerprint density at radius 2 is 1.82 bits per heavy atom. The third kappa shape index (κ3) is 4.87. The number of allylic oxidation sites excluding steroid dienone is 1. The van der Waals surface area contributed by atoms with Crippen LogP contribution in [0.15, 0.2) is 54.6 Å². The summed E-state index contributed by atoms with van der Waals surface area (Å²) in [5, 5.41) is 6.17. The summed E-state index contributed by atoms with van der Waals surface area (Å²) in [5.41, 5.74) is 4.69. The Hall–Kier alpha value is -1.82. The Bertz CT molecular complexity index is 708. The average molecular weight is 308 g/mol. The number of hydrogen-bond donors (Lipinski definition) is 1. The van der Waals surface area contributed by atoms with E-state index in [-0.39, 0.29) is 0 Å². The van der Waals surface area contributed by atoms with Crippen LogP contribution in [0.25, 0.3) is 10.8 Å². The van der Waals surface area contributed by atoms with Gasteiger partial charge >= 0.3 is 0 Å². The maximum atomic E-state index is 3.55. The molecule has 0 aliphatic rings. The van der Waals surface area contributed by atoms with Gasteiger partial charge in [-0.25, -0.2) is 0 Å². The maximum Gasteiger partial charge on any atom is 0.129 e. The van der Waals surface area contributed by atoms with Gasteiger partial charge in [0, 0.05) is 12.6 Å². The summed E-state index contributed by atoms with van der Waals surface area (Å²) in [6, 6.07) is 15.4. The highest BCUT2D eigenvalue weighted by Gasteiger charge is 2.07. The molecule has 1 unspecified atom stereocenters. The Morgan fingerprint density at radius 3 is 2.59 bits per heavy atom. The van der Waals surface area contributed by atoms with Gasteiger partial charge in [-0.15, -0.1) is 5.54 Å². The third-order valence-electron chi connectivity index (χ3n) is 3.48. The van der Waals surface area contributed by atoms with Crippen LogP contribution in [0.5, 0.6) is 0 Å². The topological polar surface area (TPSA) is 12.0 Å². The number of benzene rings is 2. The van der Waals surface area contributed by atoms with Crippen molar-refractivity contribution >= 4 is 18.8 Å². The maximum absolute atomic E-state index is 3.55. The second-order valence-electron chi connectivity index (χ2n) is 6.62. The van der Waals surface area contributed by atoms with Crippen molar-refractivity contribution in [2.45, 2.75) is 32.6 Å². The molecular weight excluding hydrogens is 282 g/mol. The van der Waals surface area contributed by atoms with E-state index in [0.29, 0.717) is 6.04 Å². The summed E-state index contributed by atoms with van der Waals surface area (Å²) >= 11 is 0. The molecule has 0 bridgehead atoms. The van der Waals surface area contributed by atoms with Crippen molar-refractivity contribution in [2.75, 3.05) is 6.54 Å². The van der Waals surface area contributed by atoms with Crippen LogP contribution in [0.2, 0.25) is 19.6 Å². The molecule has 0 amide bonds. The summed E-state index contributed by atoms with van der Waals surface area (Å²) in [4.78, 5) is 0. The molecule has 0 aromatic heterocycles. The summed E-state index contributed by atoms with van der Waals surface area (Å²) < 4.78 is 0. The van der Waals surface area contributed by atoms with E-state index in [9.17, 15) is 0 Å². The van der Waals surface area contributed by atoms with Crippen LogP contribution in [0.4, 0.5) is 0 Å². The second kappa shape index (κ2) is 7.44. The monoisotopic (exact) mass is 307 g/mol. The van der Waals surface area contributed by atoms with Crippen molar-refractivity contribution in [1.29, 1.82) is 0 Å². The standard InChI is InChI=1S/C20H25NSi/c1-17(21-15-8-5-9-16-22(2,3)4)19-14-10-12-18-11-6-7-13-20(18)19/h5-8,10-14,17,21H,15H2,1-4H3/b8-5-. The SMILES string of the molecule is CC(NC/C=C\C#C[Si](C)(C)C)c1cccc2ccccc12. The molecule has 22 heavy (non-hydrogen) atoms. The van der Waals surface area contributed by atoms with Crippen LogP contribution >= 0.6 is 0 Å². The van der Waals surface area contributed by atoms with E-state index in [4.69, 9.17) is 0 Å². The quantitative estimate of drug-likeness (QED) is 0.624. The number of nitrogens with one attached hydrogen (secondary N) is 1. The highest BCUT2D eigenvalue weighted by Crippen LogP contribution is 2.23. The summed E-state index contributed by atoms with van der Waals surface area (Å²) in [5.74, 6) is 3.16. The highest BCUT2D eigenvalue weighted by atomic mass is 28.3. The Balaban J connectivity index is 1.98. The molecule has 2 heteroatoms. The largest absolute Gasteiger partial charge is 0.307 e. The molecule has 0 heterocycles. The van der Waals surface area contributed by atoms with Gasteiger partial charge in [0.2, 0.25) is 0 Å². The van der Waals surface area contributed by atoms with Crippen molar-refractivity contribution in [3.63, 3.8) is 0 Å². The molecule has 1 atom stereocenters. The molecule has 0 saturated heterocycles. The zero-order valence-electron chi connectivity index (χ0n) is 14.0. The molecule has 0 fully saturated rings. The first-order valence-electron chi connectivity index (χ1n) is 7.86. The molecule has 2 rings (SSSR count). The third-order valence-corrected chi connectivity index (χ3v) is 4.37. The van der Waals surface area contributed by atoms with Crippen LogP contribution in [-0.2, 0) is 0 Å². The van der Waals surface area contributed by atoms with E-state index in [1.54, 1.807) is 0 Å². The van der Waals surface area contributed by atoms with Crippen molar-refractivity contribution in [3.8, 4) is 11.5 Å². The zero-order valence-corrected chi connectivity index (χ0v) is 15.0. The molecule has 0 saturated carbocycles. The predicted octanol–water partition coefficient (Wildman–Crippen LogP) is 4.93. The number of hydrogen-bond acceptors (Lipinski definition) is 1. The molecular formula is C20H25NSi. The second-order valence-corrected chi connectivity index (χ2v) is 11.4. The Kier molecular flexibility index (Phi) is 5.60. The van der Waals surface area contributed by atoms with Gasteiger partial charge in [-0.1, -0.05) is 74.1 Å². The van der Waals surface area contributed by atoms with E-state index in [2.05, 4.69) is 91.9 Å². The zero-order chi connectivity index (χ0) is 16.0. The molecule has 114 valence electrons. The fourth-order valence-corrected chi connectivity index (χ4v) is 2.88. The predicted molar refractivity (Wildman–Crippen MR) is 101 cm³/mol. The molecule has 2 aromatic carbocycles.